The molecule has 1 saturated heterocycles. The van der Waals surface area contributed by atoms with E-state index in [1.807, 2.05) is 0 Å². The van der Waals surface area contributed by atoms with E-state index < -0.39 is 11.8 Å². The Morgan fingerprint density at radius 2 is 2.10 bits per heavy atom. The average Bonchev–Trinajstić information content (AvgIpc) is 3.06. The minimum absolute atomic E-state index is 0.0636. The molecule has 7 nitrogen and oxygen atoms in total. The molecule has 8 heteroatoms. The Morgan fingerprint density at radius 3 is 2.76 bits per heavy atom. The number of nitrogens with zero attached hydrogens (tertiary/aromatic N) is 3. The first-order valence-corrected chi connectivity index (χ1v) is 9.21. The molecule has 3 heterocycles. The Labute approximate surface area is 166 Å². The lowest BCUT2D eigenvalue weighted by atomic mass is 10.0. The van der Waals surface area contributed by atoms with E-state index in [4.69, 9.17) is 9.47 Å². The van der Waals surface area contributed by atoms with Crippen molar-refractivity contribution in [3.8, 4) is 0 Å². The van der Waals surface area contributed by atoms with E-state index in [1.54, 1.807) is 41.3 Å². The number of hydrogen-bond acceptors (Lipinski definition) is 5. The summed E-state index contributed by atoms with van der Waals surface area (Å²) in [5.41, 5.74) is 1.98. The molecule has 1 aliphatic rings. The number of carbonyl (C=O) groups excluding carboxylic acids is 1. The second-order valence-electron chi connectivity index (χ2n) is 6.94. The number of halogens is 1. The molecule has 0 saturated carbocycles. The minimum atomic E-state index is -0.451. The van der Waals surface area contributed by atoms with E-state index in [9.17, 15) is 14.0 Å². The van der Waals surface area contributed by atoms with E-state index in [1.165, 1.54) is 23.8 Å². The normalized spacial score (nSPS) is 13.9. The van der Waals surface area contributed by atoms with Gasteiger partial charge in [0.2, 0.25) is 0 Å². The van der Waals surface area contributed by atoms with E-state index >= 15 is 0 Å². The molecule has 0 atom stereocenters. The predicted octanol–water partition coefficient (Wildman–Crippen LogP) is 2.18. The van der Waals surface area contributed by atoms with Crippen molar-refractivity contribution in [3.63, 3.8) is 0 Å². The molecule has 1 fully saturated rings. The van der Waals surface area contributed by atoms with Crippen LogP contribution in [0.2, 0.25) is 0 Å². The molecule has 0 radical (unpaired) electrons. The van der Waals surface area contributed by atoms with Crippen LogP contribution in [0, 0.1) is 5.82 Å². The van der Waals surface area contributed by atoms with Crippen LogP contribution in [0.4, 0.5) is 4.39 Å². The molecular formula is C21H20FN3O4. The summed E-state index contributed by atoms with van der Waals surface area (Å²) >= 11 is 0. The third-order valence-corrected chi connectivity index (χ3v) is 4.92. The number of benzene rings is 1. The van der Waals surface area contributed by atoms with Gasteiger partial charge in [0.05, 0.1) is 45.0 Å². The van der Waals surface area contributed by atoms with Gasteiger partial charge in [-0.25, -0.2) is 9.18 Å². The van der Waals surface area contributed by atoms with Gasteiger partial charge in [0.15, 0.2) is 0 Å². The van der Waals surface area contributed by atoms with Crippen molar-refractivity contribution >= 4 is 5.97 Å². The largest absolute Gasteiger partial charge is 0.465 e. The van der Waals surface area contributed by atoms with Gasteiger partial charge < -0.3 is 14.0 Å². The van der Waals surface area contributed by atoms with Crippen molar-refractivity contribution in [2.24, 2.45) is 0 Å². The molecule has 29 heavy (non-hydrogen) atoms. The van der Waals surface area contributed by atoms with Crippen LogP contribution in [-0.2, 0) is 22.6 Å². The number of hydrogen-bond donors (Lipinski definition) is 0. The number of methoxy groups -OCH3 is 1. The summed E-state index contributed by atoms with van der Waals surface area (Å²) in [7, 11) is 1.33. The lowest BCUT2D eigenvalue weighted by Crippen LogP contribution is -2.27. The molecule has 4 rings (SSSR count). The summed E-state index contributed by atoms with van der Waals surface area (Å²) in [4.78, 5) is 23.9. The van der Waals surface area contributed by atoms with Crippen LogP contribution >= 0.6 is 0 Å². The second-order valence-corrected chi connectivity index (χ2v) is 6.94. The Hall–Kier alpha value is -3.26. The van der Waals surface area contributed by atoms with Gasteiger partial charge in [-0.2, -0.15) is 5.10 Å². The van der Waals surface area contributed by atoms with Crippen molar-refractivity contribution < 1.29 is 18.7 Å². The number of esters is 1. The fourth-order valence-corrected chi connectivity index (χ4v) is 3.26. The molecule has 2 aromatic heterocycles. The van der Waals surface area contributed by atoms with Crippen molar-refractivity contribution in [3.05, 3.63) is 87.3 Å². The second kappa shape index (κ2) is 8.00. The fraction of sp³-hybridized carbons (Fsp3) is 0.286. The summed E-state index contributed by atoms with van der Waals surface area (Å²) in [5, 5.41) is 4.50. The van der Waals surface area contributed by atoms with Gasteiger partial charge in [-0.3, -0.25) is 9.48 Å². The van der Waals surface area contributed by atoms with E-state index in [0.29, 0.717) is 42.1 Å². The molecule has 150 valence electrons. The quantitative estimate of drug-likeness (QED) is 0.596. The van der Waals surface area contributed by atoms with Crippen LogP contribution in [0.25, 0.3) is 0 Å². The molecule has 0 unspecified atom stereocenters. The molecule has 0 amide bonds. The standard InChI is InChI=1S/C21H20FN3O4/c1-28-21(27)17-11-25(23-20(17)16-12-29-13-16)9-14-5-6-15(18(22)8-14)10-24-7-3-2-4-19(24)26/h2-8,11,16H,9-10,12-13H2,1H3. The average molecular weight is 397 g/mol. The fourth-order valence-electron chi connectivity index (χ4n) is 3.26. The van der Waals surface area contributed by atoms with Crippen molar-refractivity contribution in [1.29, 1.82) is 0 Å². The van der Waals surface area contributed by atoms with Crippen molar-refractivity contribution in [2.75, 3.05) is 20.3 Å². The first-order chi connectivity index (χ1) is 14.0. The highest BCUT2D eigenvalue weighted by molar-refractivity contribution is 5.90. The number of aromatic nitrogens is 3. The molecule has 1 aromatic carbocycles. The van der Waals surface area contributed by atoms with Gasteiger partial charge in [0.1, 0.15) is 11.4 Å². The van der Waals surface area contributed by atoms with Crippen LogP contribution in [-0.4, -0.2) is 40.6 Å². The Balaban J connectivity index is 1.55. The smallest absolute Gasteiger partial charge is 0.341 e. The first kappa shape index (κ1) is 19.1. The molecule has 0 bridgehead atoms. The number of carbonyl (C=O) groups is 1. The maximum Gasteiger partial charge on any atom is 0.341 e. The highest BCUT2D eigenvalue weighted by Crippen LogP contribution is 2.26. The monoisotopic (exact) mass is 397 g/mol. The van der Waals surface area contributed by atoms with Gasteiger partial charge in [-0.05, 0) is 17.7 Å². The summed E-state index contributed by atoms with van der Waals surface area (Å²) < 4.78 is 27.7. The zero-order valence-electron chi connectivity index (χ0n) is 15.9. The number of ether oxygens (including phenoxy) is 2. The maximum absolute atomic E-state index is 14.6. The Bertz CT molecular complexity index is 1100. The summed E-state index contributed by atoms with van der Waals surface area (Å²) in [6, 6.07) is 9.69. The molecule has 0 spiro atoms. The van der Waals surface area contributed by atoms with Crippen molar-refractivity contribution in [2.45, 2.75) is 19.0 Å². The maximum atomic E-state index is 14.6. The van der Waals surface area contributed by atoms with Gasteiger partial charge in [0, 0.05) is 24.0 Å². The van der Waals surface area contributed by atoms with Crippen LogP contribution in [0.5, 0.6) is 0 Å². The van der Waals surface area contributed by atoms with E-state index in [2.05, 4.69) is 5.10 Å². The molecule has 0 N–H and O–H groups in total. The summed E-state index contributed by atoms with van der Waals surface area (Å²) in [6.07, 6.45) is 3.24. The summed E-state index contributed by atoms with van der Waals surface area (Å²) in [5.74, 6) is -0.784. The topological polar surface area (TPSA) is 75.4 Å². The van der Waals surface area contributed by atoms with Crippen LogP contribution in [0.15, 0.2) is 53.6 Å². The Kier molecular flexibility index (Phi) is 5.26. The highest BCUT2D eigenvalue weighted by atomic mass is 19.1. The predicted molar refractivity (Wildman–Crippen MR) is 102 cm³/mol. The lowest BCUT2D eigenvalue weighted by molar-refractivity contribution is 0.00585. The zero-order valence-corrected chi connectivity index (χ0v) is 15.9. The molecule has 3 aromatic rings. The van der Waals surface area contributed by atoms with Crippen LogP contribution in [0.1, 0.15) is 33.1 Å². The van der Waals surface area contributed by atoms with Gasteiger partial charge in [-0.1, -0.05) is 18.2 Å². The zero-order chi connectivity index (χ0) is 20.4. The van der Waals surface area contributed by atoms with Gasteiger partial charge in [0.25, 0.3) is 5.56 Å². The van der Waals surface area contributed by atoms with Crippen molar-refractivity contribution in [1.82, 2.24) is 14.3 Å². The molecule has 0 aliphatic carbocycles. The third-order valence-electron chi connectivity index (χ3n) is 4.92. The minimum Gasteiger partial charge on any atom is -0.465 e. The van der Waals surface area contributed by atoms with E-state index in [-0.39, 0.29) is 18.0 Å². The molecular weight excluding hydrogens is 377 g/mol. The van der Waals surface area contributed by atoms with Crippen LogP contribution < -0.4 is 5.56 Å². The first-order valence-electron chi connectivity index (χ1n) is 9.21. The number of rotatable bonds is 6. The third kappa shape index (κ3) is 3.97. The van der Waals surface area contributed by atoms with Gasteiger partial charge in [-0.15, -0.1) is 0 Å². The van der Waals surface area contributed by atoms with Crippen LogP contribution in [0.3, 0.4) is 0 Å². The van der Waals surface area contributed by atoms with Gasteiger partial charge >= 0.3 is 5.97 Å². The molecule has 1 aliphatic heterocycles. The SMILES string of the molecule is COC(=O)c1cn(Cc2ccc(Cn3ccccc3=O)c(F)c2)nc1C1COC1. The van der Waals surface area contributed by atoms with E-state index in [0.717, 1.165) is 0 Å². The lowest BCUT2D eigenvalue weighted by Gasteiger charge is -2.24. The Morgan fingerprint density at radius 1 is 1.28 bits per heavy atom. The number of pyridine rings is 1. The highest BCUT2D eigenvalue weighted by Gasteiger charge is 2.29. The summed E-state index contributed by atoms with van der Waals surface area (Å²) in [6.45, 7) is 1.50.